The molecule has 2 rings (SSSR count). The molecule has 0 unspecified atom stereocenters. The van der Waals surface area contributed by atoms with Crippen LogP contribution < -0.4 is 10.6 Å². The lowest BCUT2D eigenvalue weighted by molar-refractivity contribution is 0.378. The first kappa shape index (κ1) is 13.4. The maximum absolute atomic E-state index is 5.65. The van der Waals surface area contributed by atoms with Crippen LogP contribution in [0.3, 0.4) is 0 Å². The molecule has 2 heteroatoms. The molecule has 0 bridgehead atoms. The molecule has 2 nitrogen and oxygen atoms in total. The zero-order valence-corrected chi connectivity index (χ0v) is 11.9. The minimum atomic E-state index is 0.407. The maximum atomic E-state index is 5.65. The van der Waals surface area contributed by atoms with Crippen molar-refractivity contribution in [3.63, 3.8) is 0 Å². The molecule has 1 aliphatic rings. The molecule has 0 spiro atoms. The Morgan fingerprint density at radius 1 is 1.17 bits per heavy atom. The number of anilines is 1. The Morgan fingerprint density at radius 2 is 1.78 bits per heavy atom. The van der Waals surface area contributed by atoms with Crippen LogP contribution in [0, 0.1) is 5.41 Å². The highest BCUT2D eigenvalue weighted by Gasteiger charge is 2.29. The Morgan fingerprint density at radius 3 is 2.22 bits per heavy atom. The molecule has 1 saturated carbocycles. The van der Waals surface area contributed by atoms with E-state index in [-0.39, 0.29) is 0 Å². The van der Waals surface area contributed by atoms with Crippen molar-refractivity contribution in [2.75, 3.05) is 11.4 Å². The van der Waals surface area contributed by atoms with Gasteiger partial charge < -0.3 is 10.6 Å². The van der Waals surface area contributed by atoms with Crippen molar-refractivity contribution < 1.29 is 0 Å². The van der Waals surface area contributed by atoms with Gasteiger partial charge in [-0.2, -0.15) is 0 Å². The number of nitrogens with two attached hydrogens (primary N) is 1. The first-order chi connectivity index (χ1) is 8.49. The summed E-state index contributed by atoms with van der Waals surface area (Å²) in [6, 6.07) is 9.53. The fourth-order valence-corrected chi connectivity index (χ4v) is 2.19. The highest BCUT2D eigenvalue weighted by molar-refractivity contribution is 5.49. The van der Waals surface area contributed by atoms with Crippen molar-refractivity contribution in [2.24, 2.45) is 11.1 Å². The third-order valence-electron chi connectivity index (χ3n) is 3.59. The number of hydrogen-bond acceptors (Lipinski definition) is 2. The molecule has 1 aromatic carbocycles. The van der Waals surface area contributed by atoms with E-state index >= 15 is 0 Å². The van der Waals surface area contributed by atoms with E-state index in [2.05, 4.69) is 49.9 Å². The summed E-state index contributed by atoms with van der Waals surface area (Å²) in [7, 11) is 0. The van der Waals surface area contributed by atoms with Crippen molar-refractivity contribution in [3.8, 4) is 0 Å². The quantitative estimate of drug-likeness (QED) is 0.861. The van der Waals surface area contributed by atoms with Crippen LogP contribution >= 0.6 is 0 Å². The minimum absolute atomic E-state index is 0.407. The molecule has 1 fully saturated rings. The lowest BCUT2D eigenvalue weighted by Crippen LogP contribution is -2.29. The molecule has 1 aliphatic carbocycles. The Hall–Kier alpha value is -1.02. The second kappa shape index (κ2) is 5.31. The second-order valence-corrected chi connectivity index (χ2v) is 6.61. The first-order valence-corrected chi connectivity index (χ1v) is 7.05. The zero-order valence-electron chi connectivity index (χ0n) is 11.9. The smallest absolute Gasteiger partial charge is 0.0368 e. The molecule has 0 saturated heterocycles. The van der Waals surface area contributed by atoms with Crippen LogP contribution in [0.5, 0.6) is 0 Å². The molecule has 0 aliphatic heterocycles. The van der Waals surface area contributed by atoms with Gasteiger partial charge in [-0.25, -0.2) is 0 Å². The van der Waals surface area contributed by atoms with Gasteiger partial charge in [0, 0.05) is 24.8 Å². The van der Waals surface area contributed by atoms with Crippen molar-refractivity contribution in [3.05, 3.63) is 29.8 Å². The zero-order chi connectivity index (χ0) is 13.2. The predicted octanol–water partition coefficient (Wildman–Crippen LogP) is 3.55. The van der Waals surface area contributed by atoms with Crippen LogP contribution in [0.25, 0.3) is 0 Å². The Balaban J connectivity index is 2.04. The third-order valence-corrected chi connectivity index (χ3v) is 3.59. The van der Waals surface area contributed by atoms with Gasteiger partial charge in [0.05, 0.1) is 0 Å². The summed E-state index contributed by atoms with van der Waals surface area (Å²) < 4.78 is 0. The van der Waals surface area contributed by atoms with Crippen LogP contribution in [-0.2, 0) is 6.54 Å². The summed E-state index contributed by atoms with van der Waals surface area (Å²) in [5.41, 5.74) is 8.63. The van der Waals surface area contributed by atoms with E-state index < -0.39 is 0 Å². The van der Waals surface area contributed by atoms with Gasteiger partial charge >= 0.3 is 0 Å². The van der Waals surface area contributed by atoms with E-state index in [4.69, 9.17) is 5.73 Å². The highest BCUT2D eigenvalue weighted by atomic mass is 15.2. The van der Waals surface area contributed by atoms with Gasteiger partial charge in [0.15, 0.2) is 0 Å². The van der Waals surface area contributed by atoms with Gasteiger partial charge in [0.2, 0.25) is 0 Å². The summed E-state index contributed by atoms with van der Waals surface area (Å²) in [4.78, 5) is 2.57. The van der Waals surface area contributed by atoms with E-state index in [9.17, 15) is 0 Å². The maximum Gasteiger partial charge on any atom is 0.0368 e. The van der Waals surface area contributed by atoms with E-state index in [1.54, 1.807) is 0 Å². The summed E-state index contributed by atoms with van der Waals surface area (Å²) in [5.74, 6) is 0. The molecule has 1 aromatic rings. The van der Waals surface area contributed by atoms with E-state index in [0.29, 0.717) is 12.0 Å². The van der Waals surface area contributed by atoms with E-state index in [1.165, 1.54) is 30.5 Å². The Labute approximate surface area is 111 Å². The number of benzene rings is 1. The van der Waals surface area contributed by atoms with Crippen molar-refractivity contribution in [1.82, 2.24) is 0 Å². The minimum Gasteiger partial charge on any atom is -0.369 e. The van der Waals surface area contributed by atoms with E-state index in [1.807, 2.05) is 0 Å². The van der Waals surface area contributed by atoms with Crippen molar-refractivity contribution in [2.45, 2.75) is 52.6 Å². The van der Waals surface area contributed by atoms with Gasteiger partial charge in [-0.15, -0.1) is 0 Å². The number of rotatable bonds is 5. The predicted molar refractivity (Wildman–Crippen MR) is 78.8 cm³/mol. The fourth-order valence-electron chi connectivity index (χ4n) is 2.19. The SMILES string of the molecule is CC(C)(C)CCN(c1ccc(CN)cc1)C1CC1. The third kappa shape index (κ3) is 3.74. The van der Waals surface area contributed by atoms with Crippen molar-refractivity contribution in [1.29, 1.82) is 0 Å². The van der Waals surface area contributed by atoms with Gasteiger partial charge in [0.1, 0.15) is 0 Å². The molecular weight excluding hydrogens is 220 g/mol. The van der Waals surface area contributed by atoms with Crippen LogP contribution in [0.1, 0.15) is 45.6 Å². The van der Waals surface area contributed by atoms with Gasteiger partial charge in [0.25, 0.3) is 0 Å². The number of hydrogen-bond donors (Lipinski definition) is 1. The summed E-state index contributed by atoms with van der Waals surface area (Å²) >= 11 is 0. The second-order valence-electron chi connectivity index (χ2n) is 6.61. The van der Waals surface area contributed by atoms with Crippen LogP contribution in [0.2, 0.25) is 0 Å². The molecule has 0 aromatic heterocycles. The molecule has 0 amide bonds. The summed E-state index contributed by atoms with van der Waals surface area (Å²) in [5, 5.41) is 0. The lowest BCUT2D eigenvalue weighted by atomic mass is 9.92. The summed E-state index contributed by atoms with van der Waals surface area (Å²) in [6.07, 6.45) is 3.94. The lowest BCUT2D eigenvalue weighted by Gasteiger charge is -2.29. The summed E-state index contributed by atoms with van der Waals surface area (Å²) in [6.45, 7) is 8.74. The topological polar surface area (TPSA) is 29.3 Å². The van der Waals surface area contributed by atoms with E-state index in [0.717, 1.165) is 12.6 Å². The first-order valence-electron chi connectivity index (χ1n) is 7.05. The molecular formula is C16H26N2. The van der Waals surface area contributed by atoms with Gasteiger partial charge in [-0.1, -0.05) is 32.9 Å². The normalized spacial score (nSPS) is 15.8. The average Bonchev–Trinajstić information content (AvgIpc) is 3.13. The Kier molecular flexibility index (Phi) is 3.96. The van der Waals surface area contributed by atoms with Crippen LogP contribution in [0.15, 0.2) is 24.3 Å². The average molecular weight is 246 g/mol. The molecule has 2 N–H and O–H groups in total. The molecule has 100 valence electrons. The highest BCUT2D eigenvalue weighted by Crippen LogP contribution is 2.33. The number of nitrogens with zero attached hydrogens (tertiary/aromatic N) is 1. The Bertz CT molecular complexity index is 371. The fraction of sp³-hybridized carbons (Fsp3) is 0.625. The molecule has 0 atom stereocenters. The molecule has 0 heterocycles. The van der Waals surface area contributed by atoms with Crippen molar-refractivity contribution >= 4 is 5.69 Å². The largest absolute Gasteiger partial charge is 0.369 e. The standard InChI is InChI=1S/C16H26N2/c1-16(2,3)10-11-18(15-8-9-15)14-6-4-13(12-17)5-7-14/h4-7,15H,8-12,17H2,1-3H3. The van der Waals surface area contributed by atoms with Crippen LogP contribution in [-0.4, -0.2) is 12.6 Å². The van der Waals surface area contributed by atoms with Crippen LogP contribution in [0.4, 0.5) is 5.69 Å². The molecule has 18 heavy (non-hydrogen) atoms. The van der Waals surface area contributed by atoms with Gasteiger partial charge in [-0.3, -0.25) is 0 Å². The van der Waals surface area contributed by atoms with Gasteiger partial charge in [-0.05, 0) is 42.4 Å². The monoisotopic (exact) mass is 246 g/mol. The molecule has 0 radical (unpaired) electrons.